The Labute approximate surface area is 123 Å². The van der Waals surface area contributed by atoms with E-state index in [9.17, 15) is 4.39 Å². The zero-order chi connectivity index (χ0) is 15.4. The number of benzene rings is 2. The Hall–Kier alpha value is -2.58. The van der Waals surface area contributed by atoms with E-state index in [4.69, 9.17) is 17.0 Å². The lowest BCUT2D eigenvalue weighted by atomic mass is 10.2. The van der Waals surface area contributed by atoms with Crippen LogP contribution in [0.25, 0.3) is 4.85 Å². The standard InChI is InChI=1S/C16H16FN3O/c1-19-12-8-9-14(16(18)15(12)17)21-13-7-5-4-6-11(13)10-20(2)3/h4-9H,10,18H2,2-3H3/i17-1. The van der Waals surface area contributed by atoms with Crippen molar-refractivity contribution in [3.8, 4) is 11.5 Å². The molecule has 0 heterocycles. The summed E-state index contributed by atoms with van der Waals surface area (Å²) in [5.74, 6) is 0.0894. The van der Waals surface area contributed by atoms with Gasteiger partial charge in [0.2, 0.25) is 5.69 Å². The van der Waals surface area contributed by atoms with E-state index in [1.54, 1.807) is 6.07 Å². The Kier molecular flexibility index (Phi) is 4.41. The van der Waals surface area contributed by atoms with Gasteiger partial charge in [-0.3, -0.25) is 0 Å². The van der Waals surface area contributed by atoms with Gasteiger partial charge in [-0.25, -0.2) is 9.24 Å². The Bertz CT molecular complexity index is 692. The van der Waals surface area contributed by atoms with Crippen LogP contribution in [-0.4, -0.2) is 19.0 Å². The van der Waals surface area contributed by atoms with Crippen molar-refractivity contribution < 1.29 is 9.13 Å². The summed E-state index contributed by atoms with van der Waals surface area (Å²) in [6.07, 6.45) is 0. The molecule has 2 N–H and O–H groups in total. The van der Waals surface area contributed by atoms with E-state index in [1.807, 2.05) is 37.2 Å². The predicted molar refractivity (Wildman–Crippen MR) is 81.0 cm³/mol. The van der Waals surface area contributed by atoms with Gasteiger partial charge in [-0.15, -0.1) is 0 Å². The summed E-state index contributed by atoms with van der Waals surface area (Å²) in [5, 5.41) is 0. The van der Waals surface area contributed by atoms with Gasteiger partial charge in [0, 0.05) is 12.1 Å². The van der Waals surface area contributed by atoms with Gasteiger partial charge in [0.05, 0.1) is 6.57 Å². The number of para-hydroxylation sites is 1. The van der Waals surface area contributed by atoms with Gasteiger partial charge in [0.1, 0.15) is 11.4 Å². The summed E-state index contributed by atoms with van der Waals surface area (Å²) in [6.45, 7) is 7.56. The number of anilines is 1. The molecular weight excluding hydrogens is 268 g/mol. The fourth-order valence-electron chi connectivity index (χ4n) is 1.93. The molecule has 0 saturated carbocycles. The van der Waals surface area contributed by atoms with Crippen molar-refractivity contribution in [2.75, 3.05) is 19.8 Å². The van der Waals surface area contributed by atoms with E-state index in [0.717, 1.165) is 5.56 Å². The second kappa shape index (κ2) is 6.25. The number of halogens is 1. The van der Waals surface area contributed by atoms with Crippen LogP contribution in [0.5, 0.6) is 11.5 Å². The topological polar surface area (TPSA) is 42.8 Å². The fourth-order valence-corrected chi connectivity index (χ4v) is 1.93. The molecule has 108 valence electrons. The minimum absolute atomic E-state index is 0.110. The van der Waals surface area contributed by atoms with Gasteiger partial charge >= 0.3 is 0 Å². The molecule has 0 aliphatic rings. The molecule has 0 radical (unpaired) electrons. The molecule has 0 atom stereocenters. The number of hydrogen-bond donors (Lipinski definition) is 1. The minimum Gasteiger partial charge on any atom is -0.455 e. The molecule has 0 fully saturated rings. The highest BCUT2D eigenvalue weighted by atomic mass is 18.2. The first-order chi connectivity index (χ1) is 10.0. The lowest BCUT2D eigenvalue weighted by Crippen LogP contribution is -2.11. The lowest BCUT2D eigenvalue weighted by molar-refractivity contribution is 0.388. The second-order valence-corrected chi connectivity index (χ2v) is 4.87. The van der Waals surface area contributed by atoms with Crippen LogP contribution in [0.4, 0.5) is 15.8 Å². The number of nitrogens with two attached hydrogens (primary N) is 1. The van der Waals surface area contributed by atoms with Crippen LogP contribution in [0.1, 0.15) is 5.56 Å². The van der Waals surface area contributed by atoms with Gasteiger partial charge in [-0.1, -0.05) is 18.2 Å². The molecule has 2 aromatic carbocycles. The molecule has 2 rings (SSSR count). The van der Waals surface area contributed by atoms with E-state index in [1.165, 1.54) is 12.1 Å². The van der Waals surface area contributed by atoms with Crippen molar-refractivity contribution in [1.29, 1.82) is 0 Å². The molecule has 0 amide bonds. The van der Waals surface area contributed by atoms with Crippen LogP contribution >= 0.6 is 0 Å². The number of rotatable bonds is 4. The van der Waals surface area contributed by atoms with E-state index in [0.29, 0.717) is 12.3 Å². The number of nitrogens with zero attached hydrogens (tertiary/aromatic N) is 2. The summed E-state index contributed by atoms with van der Waals surface area (Å²) in [4.78, 5) is 5.08. The van der Waals surface area contributed by atoms with E-state index >= 15 is 0 Å². The Morgan fingerprint density at radius 1 is 1.19 bits per heavy atom. The third-order valence-corrected chi connectivity index (χ3v) is 2.92. The first-order valence-corrected chi connectivity index (χ1v) is 6.39. The molecule has 5 heteroatoms. The fraction of sp³-hybridized carbons (Fsp3) is 0.188. The smallest absolute Gasteiger partial charge is 0.224 e. The van der Waals surface area contributed by atoms with E-state index < -0.39 is 5.82 Å². The van der Waals surface area contributed by atoms with Gasteiger partial charge in [-0.2, -0.15) is 0 Å². The molecule has 0 saturated heterocycles. The third kappa shape index (κ3) is 3.30. The predicted octanol–water partition coefficient (Wildman–Crippen LogP) is 3.81. The maximum atomic E-state index is 13.8. The Balaban J connectivity index is 2.35. The van der Waals surface area contributed by atoms with Crippen LogP contribution in [0, 0.1) is 12.4 Å². The zero-order valence-corrected chi connectivity index (χ0v) is 11.9. The highest BCUT2D eigenvalue weighted by Gasteiger charge is 2.13. The molecule has 0 aromatic heterocycles. The van der Waals surface area contributed by atoms with Crippen molar-refractivity contribution >= 4 is 11.4 Å². The third-order valence-electron chi connectivity index (χ3n) is 2.92. The SMILES string of the molecule is [C-]#[N+]c1ccc(Oc2ccccc2CN(C)C)c(N)c1[18F]. The van der Waals surface area contributed by atoms with Crippen LogP contribution in [-0.2, 0) is 6.54 Å². The van der Waals surface area contributed by atoms with Crippen LogP contribution in [0.2, 0.25) is 0 Å². The first kappa shape index (κ1) is 14.8. The zero-order valence-electron chi connectivity index (χ0n) is 11.9. The lowest BCUT2D eigenvalue weighted by Gasteiger charge is -2.16. The Morgan fingerprint density at radius 3 is 2.57 bits per heavy atom. The molecule has 0 aliphatic heterocycles. The minimum atomic E-state index is -0.743. The first-order valence-electron chi connectivity index (χ1n) is 6.39. The van der Waals surface area contributed by atoms with Gasteiger partial charge in [0.25, 0.3) is 0 Å². The summed E-state index contributed by atoms with van der Waals surface area (Å²) in [6, 6.07) is 10.4. The van der Waals surface area contributed by atoms with Crippen molar-refractivity contribution in [3.05, 3.63) is 59.2 Å². The molecule has 2 aromatic rings. The number of nitrogen functional groups attached to an aromatic ring is 1. The largest absolute Gasteiger partial charge is 0.455 e. The van der Waals surface area contributed by atoms with Crippen molar-refractivity contribution in [2.24, 2.45) is 0 Å². The van der Waals surface area contributed by atoms with Crippen molar-refractivity contribution in [1.82, 2.24) is 4.90 Å². The average Bonchev–Trinajstić information content (AvgIpc) is 2.45. The molecule has 4 nitrogen and oxygen atoms in total. The highest BCUT2D eigenvalue weighted by molar-refractivity contribution is 5.65. The molecule has 0 aliphatic carbocycles. The second-order valence-electron chi connectivity index (χ2n) is 4.87. The summed E-state index contributed by atoms with van der Waals surface area (Å²) >= 11 is 0. The molecule has 0 unspecified atom stereocenters. The number of ether oxygens (including phenoxy) is 1. The van der Waals surface area contributed by atoms with Gasteiger partial charge in [0.15, 0.2) is 11.6 Å². The summed E-state index contributed by atoms with van der Waals surface area (Å²) < 4.78 is 19.6. The van der Waals surface area contributed by atoms with Crippen LogP contribution < -0.4 is 10.5 Å². The molecular formula is C16H16FN3O. The van der Waals surface area contributed by atoms with Crippen LogP contribution in [0.3, 0.4) is 0 Å². The van der Waals surface area contributed by atoms with E-state index in [2.05, 4.69) is 4.85 Å². The average molecular weight is 284 g/mol. The number of hydrogen-bond acceptors (Lipinski definition) is 3. The van der Waals surface area contributed by atoms with Gasteiger partial charge in [-0.05, 0) is 32.3 Å². The molecule has 21 heavy (non-hydrogen) atoms. The molecule has 0 bridgehead atoms. The summed E-state index contributed by atoms with van der Waals surface area (Å²) in [5.41, 5.74) is 6.41. The van der Waals surface area contributed by atoms with E-state index in [-0.39, 0.29) is 17.1 Å². The Morgan fingerprint density at radius 2 is 1.90 bits per heavy atom. The van der Waals surface area contributed by atoms with Crippen LogP contribution in [0.15, 0.2) is 36.4 Å². The monoisotopic (exact) mass is 284 g/mol. The van der Waals surface area contributed by atoms with Crippen molar-refractivity contribution in [3.63, 3.8) is 0 Å². The highest BCUT2D eigenvalue weighted by Crippen LogP contribution is 2.35. The van der Waals surface area contributed by atoms with Gasteiger partial charge < -0.3 is 15.4 Å². The maximum Gasteiger partial charge on any atom is 0.224 e. The maximum absolute atomic E-state index is 13.8. The van der Waals surface area contributed by atoms with Crippen molar-refractivity contribution in [2.45, 2.75) is 6.54 Å². The summed E-state index contributed by atoms with van der Waals surface area (Å²) in [7, 11) is 3.91. The normalized spacial score (nSPS) is 10.4. The molecule has 0 spiro atoms. The quantitative estimate of drug-likeness (QED) is 0.685.